The van der Waals surface area contributed by atoms with E-state index < -0.39 is 190 Å². The van der Waals surface area contributed by atoms with Gasteiger partial charge in [-0.3, -0.25) is 9.13 Å². The van der Waals surface area contributed by atoms with Crippen LogP contribution in [0.3, 0.4) is 0 Å². The summed E-state index contributed by atoms with van der Waals surface area (Å²) in [6.07, 6.45) is 0. The molecule has 0 bridgehead atoms. The number of nitrogens with zero attached hydrogens (tertiary/aromatic N) is 8. The first kappa shape index (κ1) is 37.0. The summed E-state index contributed by atoms with van der Waals surface area (Å²) in [5.74, 6) is -0.986. The lowest BCUT2D eigenvalue weighted by Gasteiger charge is -2.11. The highest BCUT2D eigenvalue weighted by Gasteiger charge is 2.26. The third-order valence-electron chi connectivity index (χ3n) is 18.0. The molecule has 0 spiro atoms. The Hall–Kier alpha value is -14.1. The minimum Gasteiger partial charge on any atom is -0.456 e. The van der Waals surface area contributed by atoms with Gasteiger partial charge in [-0.15, -0.1) is 0 Å². The van der Waals surface area contributed by atoms with Crippen LogP contribution >= 0.6 is 0 Å². The molecule has 12 nitrogen and oxygen atoms in total. The lowest BCUT2D eigenvalue weighted by Crippen LogP contribution is -2.06. The van der Waals surface area contributed by atoms with Gasteiger partial charge in [0.05, 0.1) is 57.7 Å². The van der Waals surface area contributed by atoms with Gasteiger partial charge in [0.25, 0.3) is 0 Å². The van der Waals surface area contributed by atoms with Crippen LogP contribution in [0, 0.1) is 0 Å². The number of rotatable bonds is 8. The molecule has 0 aliphatic heterocycles. The number of fused-ring (bicyclic) bond motifs is 20. The number of hydrogen-bond acceptors (Lipinski definition) is 10. The van der Waals surface area contributed by atoms with Gasteiger partial charge in [-0.1, -0.05) is 230 Å². The molecule has 0 N–H and O–H groups in total. The first-order valence-electron chi connectivity index (χ1n) is 44.8. The van der Waals surface area contributed by atoms with E-state index in [4.69, 9.17) is 74.1 Å². The maximum Gasteiger partial charge on any atom is 0.238 e. The zero-order valence-corrected chi connectivity index (χ0v) is 52.2. The van der Waals surface area contributed by atoms with Gasteiger partial charge in [0.15, 0.2) is 23.3 Å². The molecule has 102 heavy (non-hydrogen) atoms. The molecule has 0 amide bonds. The van der Waals surface area contributed by atoms with Crippen molar-refractivity contribution in [2.45, 2.75) is 0 Å². The normalized spacial score (nSPS) is 15.5. The van der Waals surface area contributed by atoms with E-state index in [0.29, 0.717) is 60.8 Å². The van der Waals surface area contributed by atoms with Gasteiger partial charge in [-0.05, 0) is 107 Å². The molecule has 0 unspecified atom stereocenters. The molecular formula is C90H52N8O4. The zero-order valence-electron chi connectivity index (χ0n) is 78.2. The lowest BCUT2D eigenvalue weighted by atomic mass is 9.99. The summed E-state index contributed by atoms with van der Waals surface area (Å²) in [6, 6.07) is 32.2. The average molecular weight is 1340 g/mol. The van der Waals surface area contributed by atoms with Crippen LogP contribution in [0.4, 0.5) is 0 Å². The van der Waals surface area contributed by atoms with Crippen LogP contribution < -0.4 is 0 Å². The van der Waals surface area contributed by atoms with Gasteiger partial charge in [-0.2, -0.15) is 19.9 Å². The Balaban J connectivity index is 0.000000156. The summed E-state index contributed by atoms with van der Waals surface area (Å²) in [7, 11) is 0. The minimum absolute atomic E-state index is 0.0422. The molecule has 0 saturated heterocycles. The van der Waals surface area contributed by atoms with Crippen LogP contribution in [0.2, 0.25) is 0 Å². The number of aromatic nitrogens is 8. The van der Waals surface area contributed by atoms with E-state index in [9.17, 15) is 4.11 Å². The molecule has 8 aromatic heterocycles. The standard InChI is InChI=1S/2C45H26N4O2/c2*1-3-12-27(13-4-1)30-18-11-21-37-40(30)33-23-22-29(26-39(33)51-37)44-46-43(28-14-5-2-6-15-28)47-45(48-44)49-34-19-9-7-16-31(34)41-35(49)24-25-38-42(41)32-17-8-10-20-36(32)50-38/h2*1-26H/i1D,2D,3D,4D,5D,6D,11D,12D,13D,14D,15D,18D,21D,22D,23D,26D;1D,2D,3D,4D,5D,6D,12D,13D,14D,15D. The molecule has 22 aromatic rings. The maximum absolute atomic E-state index is 9.61. The Bertz CT molecular complexity index is 8730. The van der Waals surface area contributed by atoms with Gasteiger partial charge < -0.3 is 17.7 Å². The van der Waals surface area contributed by atoms with Crippen LogP contribution in [0.15, 0.2) is 332 Å². The smallest absolute Gasteiger partial charge is 0.238 e. The molecule has 22 rings (SSSR count). The molecule has 0 atom stereocenters. The second-order valence-corrected chi connectivity index (χ2v) is 23.6. The number of hydrogen-bond donors (Lipinski definition) is 0. The van der Waals surface area contributed by atoms with E-state index in [1.54, 1.807) is 65.2 Å². The van der Waals surface area contributed by atoms with Gasteiger partial charge >= 0.3 is 0 Å². The molecule has 0 fully saturated rings. The highest BCUT2D eigenvalue weighted by atomic mass is 16.3. The second kappa shape index (κ2) is 22.7. The molecule has 0 saturated carbocycles. The maximum atomic E-state index is 9.61. The zero-order chi connectivity index (χ0) is 89.6. The SMILES string of the molecule is [2H]c1c([2H])c([2H])c(-c2nc(-c3c([2H])c([2H])c4c(oc5c([2H])c([2H])c([2H])c(-c6c([2H])c([2H])c([2H])c([2H])c6[2H])c54)c3[2H])nc(-n3c4ccccc4c4c5c(ccc43)oc3ccccc35)n2)c([2H])c1[2H].[2H]c1c([2H])c([2H])c(-c2nc(-c3ccc4c(c3)oc3cccc(-c5c([2H])c([2H])c([2H])c([2H])c5[2H])c34)nc(-n3c4ccccc4c4c5c(ccc43)oc3ccccc35)n2)c([2H])c1[2H]. The van der Waals surface area contributed by atoms with Gasteiger partial charge in [0.1, 0.15) is 44.7 Å². The van der Waals surface area contributed by atoms with Crippen molar-refractivity contribution >= 4 is 131 Å². The third-order valence-corrected chi connectivity index (χ3v) is 18.0. The van der Waals surface area contributed by atoms with E-state index in [2.05, 4.69) is 4.98 Å². The van der Waals surface area contributed by atoms with Crippen molar-refractivity contribution in [3.63, 3.8) is 0 Å². The highest BCUT2D eigenvalue weighted by molar-refractivity contribution is 6.29. The fraction of sp³-hybridized carbons (Fsp3) is 0. The molecule has 14 aromatic carbocycles. The number of furan rings is 4. The monoisotopic (exact) mass is 1330 g/mol. The Labute approximate surface area is 616 Å². The summed E-state index contributed by atoms with van der Waals surface area (Å²) < 4.78 is 254. The molecule has 0 radical (unpaired) electrons. The van der Waals surface area contributed by atoms with E-state index in [1.807, 2.05) is 102 Å². The summed E-state index contributed by atoms with van der Waals surface area (Å²) in [6.45, 7) is 0. The van der Waals surface area contributed by atoms with Crippen molar-refractivity contribution in [2.75, 3.05) is 0 Å². The van der Waals surface area contributed by atoms with Crippen molar-refractivity contribution in [2.24, 2.45) is 0 Å². The molecule has 12 heteroatoms. The average Bonchev–Trinajstić information content (AvgIpc) is 1.54. The van der Waals surface area contributed by atoms with Crippen molar-refractivity contribution < 1.29 is 53.3 Å². The van der Waals surface area contributed by atoms with Crippen molar-refractivity contribution in [1.29, 1.82) is 0 Å². The van der Waals surface area contributed by atoms with Gasteiger partial charge in [-0.25, -0.2) is 9.97 Å². The Kier molecular flexibility index (Phi) is 8.26. The van der Waals surface area contributed by atoms with Crippen LogP contribution in [0.25, 0.3) is 211 Å². The van der Waals surface area contributed by atoms with Crippen LogP contribution in [0.5, 0.6) is 0 Å². The van der Waals surface area contributed by atoms with E-state index in [1.165, 1.54) is 0 Å². The highest BCUT2D eigenvalue weighted by Crippen LogP contribution is 2.45. The molecule has 0 aliphatic carbocycles. The topological polar surface area (TPSA) is 140 Å². The van der Waals surface area contributed by atoms with Gasteiger partial charge in [0.2, 0.25) is 11.9 Å². The third kappa shape index (κ3) is 9.03. The van der Waals surface area contributed by atoms with Crippen LogP contribution in [-0.4, -0.2) is 39.0 Å². The predicted molar refractivity (Wildman–Crippen MR) is 410 cm³/mol. The summed E-state index contributed by atoms with van der Waals surface area (Å²) in [4.78, 5) is 28.7. The first-order valence-corrected chi connectivity index (χ1v) is 31.8. The fourth-order valence-corrected chi connectivity index (χ4v) is 13.8. The Morgan fingerprint density at radius 2 is 0.676 bits per heavy atom. The van der Waals surface area contributed by atoms with E-state index >= 15 is 0 Å². The minimum atomic E-state index is -0.750. The summed E-state index contributed by atoms with van der Waals surface area (Å²) >= 11 is 0. The fourth-order valence-electron chi connectivity index (χ4n) is 13.8. The lowest BCUT2D eigenvalue weighted by molar-refractivity contribution is 0.668. The Morgan fingerprint density at radius 1 is 0.235 bits per heavy atom. The van der Waals surface area contributed by atoms with Crippen molar-refractivity contribution in [3.8, 4) is 79.7 Å². The first-order chi connectivity index (χ1) is 61.4. The van der Waals surface area contributed by atoms with Crippen molar-refractivity contribution in [1.82, 2.24) is 39.0 Å². The Morgan fingerprint density at radius 3 is 1.25 bits per heavy atom. The van der Waals surface area contributed by atoms with Crippen LogP contribution in [-0.2, 0) is 0 Å². The summed E-state index contributed by atoms with van der Waals surface area (Å²) in [5, 5.41) is 7.19. The summed E-state index contributed by atoms with van der Waals surface area (Å²) in [5.41, 5.74) is 3.96. The predicted octanol–water partition coefficient (Wildman–Crippen LogP) is 23.5. The largest absolute Gasteiger partial charge is 0.456 e. The van der Waals surface area contributed by atoms with Crippen LogP contribution in [0.1, 0.15) is 35.6 Å². The van der Waals surface area contributed by atoms with Crippen molar-refractivity contribution in [3.05, 3.63) is 315 Å². The van der Waals surface area contributed by atoms with E-state index in [0.717, 1.165) is 59.7 Å². The molecule has 0 aliphatic rings. The number of benzene rings is 14. The molecule has 8 heterocycles. The molecular weight excluding hydrogens is 1260 g/mol. The molecule has 476 valence electrons. The quantitative estimate of drug-likeness (QED) is 0.144. The van der Waals surface area contributed by atoms with Gasteiger partial charge in [0, 0.05) is 86.9 Å². The van der Waals surface area contributed by atoms with E-state index in [-0.39, 0.29) is 57.5 Å². The number of para-hydroxylation sites is 4. The second-order valence-electron chi connectivity index (χ2n) is 23.6.